The molecule has 1 unspecified atom stereocenters. The third-order valence-electron chi connectivity index (χ3n) is 4.23. The molecule has 2 fully saturated rings. The molecule has 0 aromatic heterocycles. The number of likely N-dealkylation sites (tertiary alicyclic amines) is 1. The van der Waals surface area contributed by atoms with E-state index < -0.39 is 0 Å². The number of hydrogen-bond acceptors (Lipinski definition) is 2. The zero-order valence-electron chi connectivity index (χ0n) is 11.3. The van der Waals surface area contributed by atoms with Crippen LogP contribution in [-0.4, -0.2) is 37.1 Å². The van der Waals surface area contributed by atoms with E-state index in [2.05, 4.69) is 31.0 Å². The largest absolute Gasteiger partial charge is 0.315 e. The maximum atomic E-state index is 3.42. The molecular formula is C14H28N2. The summed E-state index contributed by atoms with van der Waals surface area (Å²) in [6, 6.07) is 0.867. The van der Waals surface area contributed by atoms with Gasteiger partial charge >= 0.3 is 0 Å². The Labute approximate surface area is 101 Å². The highest BCUT2D eigenvalue weighted by Gasteiger charge is 2.48. The lowest BCUT2D eigenvalue weighted by Gasteiger charge is -2.58. The zero-order valence-corrected chi connectivity index (χ0v) is 11.3. The van der Waals surface area contributed by atoms with Gasteiger partial charge in [-0.1, -0.05) is 33.6 Å². The first-order chi connectivity index (χ1) is 7.65. The molecule has 2 heteroatoms. The molecule has 1 atom stereocenters. The SMILES string of the molecule is CCCCC(CC(C)C)N1CC2(CNC2)C1. The summed E-state index contributed by atoms with van der Waals surface area (Å²) in [5.41, 5.74) is 0.696. The van der Waals surface area contributed by atoms with Crippen molar-refractivity contribution in [1.29, 1.82) is 0 Å². The molecule has 0 aromatic carbocycles. The number of rotatable bonds is 6. The van der Waals surface area contributed by atoms with Crippen LogP contribution >= 0.6 is 0 Å². The minimum absolute atomic E-state index is 0.696. The molecule has 1 spiro atoms. The summed E-state index contributed by atoms with van der Waals surface area (Å²) in [4.78, 5) is 2.75. The van der Waals surface area contributed by atoms with E-state index in [1.807, 2.05) is 0 Å². The highest BCUT2D eigenvalue weighted by Crippen LogP contribution is 2.37. The Bertz CT molecular complexity index is 213. The van der Waals surface area contributed by atoms with Crippen LogP contribution in [0, 0.1) is 11.3 Å². The highest BCUT2D eigenvalue weighted by atomic mass is 15.3. The van der Waals surface area contributed by atoms with E-state index in [4.69, 9.17) is 0 Å². The Morgan fingerprint density at radius 1 is 1.25 bits per heavy atom. The first kappa shape index (κ1) is 12.4. The first-order valence-corrected chi connectivity index (χ1v) is 7.10. The van der Waals surface area contributed by atoms with Gasteiger partial charge < -0.3 is 5.32 Å². The number of nitrogens with one attached hydrogen (secondary N) is 1. The van der Waals surface area contributed by atoms with Crippen molar-refractivity contribution >= 4 is 0 Å². The molecule has 0 saturated carbocycles. The molecule has 2 rings (SSSR count). The smallest absolute Gasteiger partial charge is 0.0207 e. The van der Waals surface area contributed by atoms with Crippen LogP contribution in [0.4, 0.5) is 0 Å². The predicted molar refractivity (Wildman–Crippen MR) is 69.6 cm³/mol. The summed E-state index contributed by atoms with van der Waals surface area (Å²) in [5.74, 6) is 0.845. The van der Waals surface area contributed by atoms with Crippen molar-refractivity contribution in [2.24, 2.45) is 11.3 Å². The Hall–Kier alpha value is -0.0800. The number of nitrogens with zero attached hydrogens (tertiary/aromatic N) is 1. The average Bonchev–Trinajstić information content (AvgIpc) is 2.08. The number of unbranched alkanes of at least 4 members (excludes halogenated alkanes) is 1. The fourth-order valence-corrected chi connectivity index (χ4v) is 3.21. The van der Waals surface area contributed by atoms with Crippen LogP contribution in [0.2, 0.25) is 0 Å². The monoisotopic (exact) mass is 224 g/mol. The van der Waals surface area contributed by atoms with Gasteiger partial charge in [-0.2, -0.15) is 0 Å². The van der Waals surface area contributed by atoms with Gasteiger partial charge in [0.1, 0.15) is 0 Å². The Kier molecular flexibility index (Phi) is 3.91. The van der Waals surface area contributed by atoms with Gasteiger partial charge in [0.2, 0.25) is 0 Å². The van der Waals surface area contributed by atoms with Gasteiger partial charge in [0, 0.05) is 37.6 Å². The lowest BCUT2D eigenvalue weighted by atomic mass is 9.73. The van der Waals surface area contributed by atoms with Crippen molar-refractivity contribution in [2.45, 2.75) is 52.5 Å². The lowest BCUT2D eigenvalue weighted by Crippen LogP contribution is -2.72. The average molecular weight is 224 g/mol. The third kappa shape index (κ3) is 2.60. The van der Waals surface area contributed by atoms with E-state index in [0.29, 0.717) is 5.41 Å². The van der Waals surface area contributed by atoms with Crippen molar-refractivity contribution < 1.29 is 0 Å². The summed E-state index contributed by atoms with van der Waals surface area (Å²) in [5, 5.41) is 3.42. The fourth-order valence-electron chi connectivity index (χ4n) is 3.21. The van der Waals surface area contributed by atoms with Gasteiger partial charge in [0.25, 0.3) is 0 Å². The second kappa shape index (κ2) is 5.05. The second-order valence-corrected chi connectivity index (χ2v) is 6.43. The Morgan fingerprint density at radius 3 is 2.38 bits per heavy atom. The predicted octanol–water partition coefficient (Wildman–Crippen LogP) is 2.50. The van der Waals surface area contributed by atoms with Crippen LogP contribution in [0.15, 0.2) is 0 Å². The van der Waals surface area contributed by atoms with Crippen LogP contribution in [0.25, 0.3) is 0 Å². The lowest BCUT2D eigenvalue weighted by molar-refractivity contribution is -0.0709. The van der Waals surface area contributed by atoms with E-state index in [9.17, 15) is 0 Å². The normalized spacial score (nSPS) is 25.5. The second-order valence-electron chi connectivity index (χ2n) is 6.43. The molecule has 1 N–H and O–H groups in total. The summed E-state index contributed by atoms with van der Waals surface area (Å²) < 4.78 is 0. The van der Waals surface area contributed by atoms with Gasteiger partial charge in [0.05, 0.1) is 0 Å². The van der Waals surface area contributed by atoms with E-state index >= 15 is 0 Å². The highest BCUT2D eigenvalue weighted by molar-refractivity contribution is 5.05. The quantitative estimate of drug-likeness (QED) is 0.746. The van der Waals surface area contributed by atoms with Crippen molar-refractivity contribution in [3.63, 3.8) is 0 Å². The van der Waals surface area contributed by atoms with Crippen LogP contribution in [0.5, 0.6) is 0 Å². The summed E-state index contributed by atoms with van der Waals surface area (Å²) >= 11 is 0. The summed E-state index contributed by atoms with van der Waals surface area (Å²) in [6.45, 7) is 12.3. The van der Waals surface area contributed by atoms with Crippen molar-refractivity contribution in [3.05, 3.63) is 0 Å². The van der Waals surface area contributed by atoms with Crippen LogP contribution in [0.3, 0.4) is 0 Å². The molecular weight excluding hydrogens is 196 g/mol. The fraction of sp³-hybridized carbons (Fsp3) is 1.00. The van der Waals surface area contributed by atoms with Crippen molar-refractivity contribution in [3.8, 4) is 0 Å². The molecule has 94 valence electrons. The summed E-state index contributed by atoms with van der Waals surface area (Å²) in [6.07, 6.45) is 5.55. The third-order valence-corrected chi connectivity index (χ3v) is 4.23. The van der Waals surface area contributed by atoms with E-state index in [0.717, 1.165) is 12.0 Å². The Morgan fingerprint density at radius 2 is 1.94 bits per heavy atom. The molecule has 2 aliphatic rings. The van der Waals surface area contributed by atoms with Gasteiger partial charge in [-0.15, -0.1) is 0 Å². The minimum atomic E-state index is 0.696. The standard InChI is InChI=1S/C14H28N2/c1-4-5-6-13(7-12(2)3)16-10-14(11-16)8-15-9-14/h12-13,15H,4-11H2,1-3H3. The van der Waals surface area contributed by atoms with Gasteiger partial charge in [-0.3, -0.25) is 4.90 Å². The molecule has 16 heavy (non-hydrogen) atoms. The molecule has 2 saturated heterocycles. The molecule has 0 amide bonds. The van der Waals surface area contributed by atoms with Crippen LogP contribution in [0.1, 0.15) is 46.5 Å². The van der Waals surface area contributed by atoms with Gasteiger partial charge in [0.15, 0.2) is 0 Å². The first-order valence-electron chi connectivity index (χ1n) is 7.10. The summed E-state index contributed by atoms with van der Waals surface area (Å²) in [7, 11) is 0. The maximum absolute atomic E-state index is 3.42. The van der Waals surface area contributed by atoms with E-state index in [-0.39, 0.29) is 0 Å². The van der Waals surface area contributed by atoms with Gasteiger partial charge in [-0.25, -0.2) is 0 Å². The maximum Gasteiger partial charge on any atom is 0.0207 e. The van der Waals surface area contributed by atoms with Crippen LogP contribution < -0.4 is 5.32 Å². The van der Waals surface area contributed by atoms with Gasteiger partial charge in [-0.05, 0) is 18.8 Å². The molecule has 0 bridgehead atoms. The molecule has 0 aliphatic carbocycles. The van der Waals surface area contributed by atoms with Crippen LogP contribution in [-0.2, 0) is 0 Å². The molecule has 2 heterocycles. The Balaban J connectivity index is 1.77. The molecule has 2 nitrogen and oxygen atoms in total. The van der Waals surface area contributed by atoms with Crippen molar-refractivity contribution in [2.75, 3.05) is 26.2 Å². The molecule has 0 aromatic rings. The topological polar surface area (TPSA) is 15.3 Å². The number of hydrogen-bond donors (Lipinski definition) is 1. The molecule has 2 aliphatic heterocycles. The minimum Gasteiger partial charge on any atom is -0.315 e. The van der Waals surface area contributed by atoms with Crippen molar-refractivity contribution in [1.82, 2.24) is 10.2 Å². The molecule has 0 radical (unpaired) electrons. The van der Waals surface area contributed by atoms with E-state index in [1.54, 1.807) is 0 Å². The van der Waals surface area contributed by atoms with E-state index in [1.165, 1.54) is 51.9 Å². The zero-order chi connectivity index (χ0) is 11.6.